The van der Waals surface area contributed by atoms with E-state index >= 15 is 0 Å². The number of hydrogen-bond acceptors (Lipinski definition) is 3. The zero-order valence-electron chi connectivity index (χ0n) is 10.1. The SMILES string of the molecule is CCCC(C)(O)CNCc1cc(Br)c(C)s1. The fraction of sp³-hybridized carbons (Fsp3) is 0.667. The van der Waals surface area contributed by atoms with Gasteiger partial charge in [0.1, 0.15) is 0 Å². The molecule has 4 heteroatoms. The summed E-state index contributed by atoms with van der Waals surface area (Å²) in [5.41, 5.74) is -0.585. The van der Waals surface area contributed by atoms with Crippen LogP contribution in [-0.2, 0) is 6.54 Å². The molecule has 1 heterocycles. The van der Waals surface area contributed by atoms with Gasteiger partial charge in [-0.15, -0.1) is 11.3 Å². The van der Waals surface area contributed by atoms with Crippen LogP contribution in [0.5, 0.6) is 0 Å². The van der Waals surface area contributed by atoms with Gasteiger partial charge >= 0.3 is 0 Å². The molecule has 0 saturated heterocycles. The van der Waals surface area contributed by atoms with E-state index in [0.717, 1.165) is 19.4 Å². The summed E-state index contributed by atoms with van der Waals surface area (Å²) in [5.74, 6) is 0. The van der Waals surface area contributed by atoms with E-state index in [0.29, 0.717) is 6.54 Å². The third-order valence-corrected chi connectivity index (χ3v) is 4.64. The molecular formula is C12H20BrNOS. The van der Waals surface area contributed by atoms with Gasteiger partial charge in [0.15, 0.2) is 0 Å². The van der Waals surface area contributed by atoms with Crippen LogP contribution in [0.25, 0.3) is 0 Å². The van der Waals surface area contributed by atoms with Crippen LogP contribution in [0.15, 0.2) is 10.5 Å². The molecule has 0 saturated carbocycles. The first-order chi connectivity index (χ1) is 7.44. The Labute approximate surface area is 110 Å². The third kappa shape index (κ3) is 4.53. The highest BCUT2D eigenvalue weighted by Crippen LogP contribution is 2.26. The molecule has 1 atom stereocenters. The highest BCUT2D eigenvalue weighted by atomic mass is 79.9. The lowest BCUT2D eigenvalue weighted by molar-refractivity contribution is 0.0498. The van der Waals surface area contributed by atoms with Gasteiger partial charge in [0.05, 0.1) is 5.60 Å². The van der Waals surface area contributed by atoms with Gasteiger partial charge < -0.3 is 10.4 Å². The quantitative estimate of drug-likeness (QED) is 0.843. The van der Waals surface area contributed by atoms with Gasteiger partial charge in [-0.1, -0.05) is 13.3 Å². The van der Waals surface area contributed by atoms with Crippen molar-refractivity contribution in [3.05, 3.63) is 20.3 Å². The third-order valence-electron chi connectivity index (χ3n) is 2.50. The molecule has 1 aromatic heterocycles. The smallest absolute Gasteiger partial charge is 0.0743 e. The molecule has 1 rings (SSSR count). The maximum Gasteiger partial charge on any atom is 0.0743 e. The normalized spacial score (nSPS) is 15.1. The summed E-state index contributed by atoms with van der Waals surface area (Å²) < 4.78 is 1.18. The Kier molecular flexibility index (Phi) is 5.44. The van der Waals surface area contributed by atoms with Crippen molar-refractivity contribution in [3.8, 4) is 0 Å². The number of halogens is 1. The van der Waals surface area contributed by atoms with Crippen LogP contribution < -0.4 is 5.32 Å². The molecular weight excluding hydrogens is 286 g/mol. The van der Waals surface area contributed by atoms with E-state index < -0.39 is 5.60 Å². The van der Waals surface area contributed by atoms with Crippen LogP contribution >= 0.6 is 27.3 Å². The van der Waals surface area contributed by atoms with E-state index in [1.54, 1.807) is 11.3 Å². The second-order valence-corrected chi connectivity index (χ2v) is 6.66. The largest absolute Gasteiger partial charge is 0.389 e. The van der Waals surface area contributed by atoms with E-state index in [4.69, 9.17) is 0 Å². The van der Waals surface area contributed by atoms with Crippen molar-refractivity contribution in [1.82, 2.24) is 5.32 Å². The number of nitrogens with one attached hydrogen (secondary N) is 1. The number of hydrogen-bond donors (Lipinski definition) is 2. The minimum absolute atomic E-state index is 0.585. The summed E-state index contributed by atoms with van der Waals surface area (Å²) in [7, 11) is 0. The van der Waals surface area contributed by atoms with Gasteiger partial charge in [-0.3, -0.25) is 0 Å². The highest BCUT2D eigenvalue weighted by Gasteiger charge is 2.18. The first-order valence-corrected chi connectivity index (χ1v) is 7.23. The molecule has 1 aromatic rings. The van der Waals surface area contributed by atoms with Gasteiger partial charge in [0.2, 0.25) is 0 Å². The molecule has 2 N–H and O–H groups in total. The lowest BCUT2D eigenvalue weighted by atomic mass is 10.0. The molecule has 2 nitrogen and oxygen atoms in total. The first-order valence-electron chi connectivity index (χ1n) is 5.62. The molecule has 0 bridgehead atoms. The van der Waals surface area contributed by atoms with Crippen molar-refractivity contribution < 1.29 is 5.11 Å². The van der Waals surface area contributed by atoms with Crippen LogP contribution in [0.3, 0.4) is 0 Å². The molecule has 1 unspecified atom stereocenters. The van der Waals surface area contributed by atoms with Crippen LogP contribution in [-0.4, -0.2) is 17.3 Å². The molecule has 0 aromatic carbocycles. The van der Waals surface area contributed by atoms with E-state index in [9.17, 15) is 5.11 Å². The lowest BCUT2D eigenvalue weighted by Crippen LogP contribution is -2.37. The maximum absolute atomic E-state index is 9.98. The molecule has 0 amide bonds. The van der Waals surface area contributed by atoms with Crippen LogP contribution in [0.4, 0.5) is 0 Å². The van der Waals surface area contributed by atoms with Crippen molar-refractivity contribution >= 4 is 27.3 Å². The predicted molar refractivity (Wildman–Crippen MR) is 74.0 cm³/mol. The van der Waals surface area contributed by atoms with Crippen molar-refractivity contribution in [1.29, 1.82) is 0 Å². The predicted octanol–water partition coefficient (Wildman–Crippen LogP) is 3.46. The maximum atomic E-state index is 9.98. The van der Waals surface area contributed by atoms with Crippen molar-refractivity contribution in [3.63, 3.8) is 0 Å². The Balaban J connectivity index is 2.35. The van der Waals surface area contributed by atoms with Crippen LogP contribution in [0, 0.1) is 6.92 Å². The van der Waals surface area contributed by atoms with Gasteiger partial charge in [-0.25, -0.2) is 0 Å². The molecule has 0 aliphatic rings. The topological polar surface area (TPSA) is 32.3 Å². The Hall–Kier alpha value is 0.1000. The fourth-order valence-electron chi connectivity index (χ4n) is 1.69. The molecule has 0 aliphatic heterocycles. The van der Waals surface area contributed by atoms with E-state index in [-0.39, 0.29) is 0 Å². The first kappa shape index (κ1) is 14.2. The minimum Gasteiger partial charge on any atom is -0.389 e. The Morgan fingerprint density at radius 1 is 1.56 bits per heavy atom. The van der Waals surface area contributed by atoms with E-state index in [2.05, 4.69) is 41.2 Å². The van der Waals surface area contributed by atoms with Crippen molar-refractivity contribution in [2.24, 2.45) is 0 Å². The zero-order valence-corrected chi connectivity index (χ0v) is 12.5. The monoisotopic (exact) mass is 305 g/mol. The van der Waals surface area contributed by atoms with E-state index in [1.165, 1.54) is 14.2 Å². The Bertz CT molecular complexity index is 316. The molecule has 16 heavy (non-hydrogen) atoms. The highest BCUT2D eigenvalue weighted by molar-refractivity contribution is 9.10. The minimum atomic E-state index is -0.585. The van der Waals surface area contributed by atoms with Gasteiger partial charge in [-0.05, 0) is 42.3 Å². The number of thiophene rings is 1. The number of aliphatic hydroxyl groups is 1. The van der Waals surface area contributed by atoms with Crippen molar-refractivity contribution in [2.75, 3.05) is 6.54 Å². The fourth-order valence-corrected chi connectivity index (χ4v) is 3.26. The molecule has 92 valence electrons. The average Bonchev–Trinajstić information content (AvgIpc) is 2.45. The summed E-state index contributed by atoms with van der Waals surface area (Å²) in [6, 6.07) is 2.14. The van der Waals surface area contributed by atoms with Crippen LogP contribution in [0.2, 0.25) is 0 Å². The molecule has 0 aliphatic carbocycles. The van der Waals surface area contributed by atoms with Gasteiger partial charge in [-0.2, -0.15) is 0 Å². The lowest BCUT2D eigenvalue weighted by Gasteiger charge is -2.22. The molecule has 0 spiro atoms. The second-order valence-electron chi connectivity index (χ2n) is 4.47. The molecule has 0 fully saturated rings. The zero-order chi connectivity index (χ0) is 12.2. The summed E-state index contributed by atoms with van der Waals surface area (Å²) in [5, 5.41) is 13.3. The summed E-state index contributed by atoms with van der Waals surface area (Å²) in [4.78, 5) is 2.61. The number of rotatable bonds is 6. The summed E-state index contributed by atoms with van der Waals surface area (Å²) >= 11 is 5.29. The molecule has 0 radical (unpaired) electrons. The average molecular weight is 306 g/mol. The Morgan fingerprint density at radius 3 is 2.75 bits per heavy atom. The summed E-state index contributed by atoms with van der Waals surface area (Å²) in [6.07, 6.45) is 1.85. The Morgan fingerprint density at radius 2 is 2.25 bits per heavy atom. The van der Waals surface area contributed by atoms with Crippen molar-refractivity contribution in [2.45, 2.75) is 45.8 Å². The number of aryl methyl sites for hydroxylation is 1. The van der Waals surface area contributed by atoms with Gasteiger partial charge in [0, 0.05) is 27.3 Å². The second kappa shape index (κ2) is 6.15. The van der Waals surface area contributed by atoms with Gasteiger partial charge in [0.25, 0.3) is 0 Å². The van der Waals surface area contributed by atoms with Crippen LogP contribution in [0.1, 0.15) is 36.4 Å². The standard InChI is InChI=1S/C12H20BrNOS/c1-4-5-12(3,15)8-14-7-10-6-11(13)9(2)16-10/h6,14-15H,4-5,7-8H2,1-3H3. The van der Waals surface area contributed by atoms with E-state index in [1.807, 2.05) is 6.92 Å². The summed E-state index contributed by atoms with van der Waals surface area (Å²) in [6.45, 7) is 7.56.